The fourth-order valence-electron chi connectivity index (χ4n) is 2.92. The van der Waals surface area contributed by atoms with E-state index in [0.717, 1.165) is 27.7 Å². The second-order valence-electron chi connectivity index (χ2n) is 5.60. The molecule has 2 N–H and O–H groups in total. The SMILES string of the molecule is Cc1nc2cc(N)ccc2c(C)c1-c1nc2cc(F)ccc2o1. The Labute approximate surface area is 131 Å². The lowest BCUT2D eigenvalue weighted by Gasteiger charge is -2.10. The second kappa shape index (κ2) is 4.78. The number of fused-ring (bicyclic) bond motifs is 2. The highest BCUT2D eigenvalue weighted by Crippen LogP contribution is 2.33. The van der Waals surface area contributed by atoms with E-state index in [1.165, 1.54) is 12.1 Å². The van der Waals surface area contributed by atoms with Crippen molar-refractivity contribution in [3.8, 4) is 11.5 Å². The summed E-state index contributed by atoms with van der Waals surface area (Å²) in [5.41, 5.74) is 11.0. The predicted molar refractivity (Wildman–Crippen MR) is 88.6 cm³/mol. The van der Waals surface area contributed by atoms with E-state index in [1.807, 2.05) is 32.0 Å². The summed E-state index contributed by atoms with van der Waals surface area (Å²) < 4.78 is 19.1. The average molecular weight is 307 g/mol. The molecule has 0 fully saturated rings. The van der Waals surface area contributed by atoms with E-state index in [1.54, 1.807) is 6.07 Å². The number of pyridine rings is 1. The summed E-state index contributed by atoms with van der Waals surface area (Å²) in [6, 6.07) is 9.94. The zero-order valence-electron chi connectivity index (χ0n) is 12.7. The number of nitrogens with two attached hydrogens (primary N) is 1. The van der Waals surface area contributed by atoms with Crippen molar-refractivity contribution < 1.29 is 8.81 Å². The molecule has 0 radical (unpaired) electrons. The lowest BCUT2D eigenvalue weighted by molar-refractivity contribution is 0.613. The molecule has 0 unspecified atom stereocenters. The highest BCUT2D eigenvalue weighted by molar-refractivity contribution is 5.90. The number of rotatable bonds is 1. The maximum atomic E-state index is 13.3. The molecule has 114 valence electrons. The molecule has 0 saturated carbocycles. The number of benzene rings is 2. The number of nitrogens with zero attached hydrogens (tertiary/aromatic N) is 2. The van der Waals surface area contributed by atoms with Crippen molar-refractivity contribution >= 4 is 27.7 Å². The van der Waals surface area contributed by atoms with Crippen LogP contribution < -0.4 is 5.73 Å². The van der Waals surface area contributed by atoms with E-state index >= 15 is 0 Å². The van der Waals surface area contributed by atoms with Gasteiger partial charge in [0.25, 0.3) is 0 Å². The monoisotopic (exact) mass is 307 g/mol. The van der Waals surface area contributed by atoms with Crippen molar-refractivity contribution in [3.63, 3.8) is 0 Å². The van der Waals surface area contributed by atoms with Crippen LogP contribution in [0.5, 0.6) is 0 Å². The Hall–Kier alpha value is -2.95. The van der Waals surface area contributed by atoms with Gasteiger partial charge in [0.15, 0.2) is 5.58 Å². The van der Waals surface area contributed by atoms with Crippen LogP contribution in [-0.2, 0) is 0 Å². The van der Waals surface area contributed by atoms with E-state index in [0.29, 0.717) is 22.7 Å². The summed E-state index contributed by atoms with van der Waals surface area (Å²) in [7, 11) is 0. The number of halogens is 1. The van der Waals surface area contributed by atoms with E-state index in [-0.39, 0.29) is 5.82 Å². The van der Waals surface area contributed by atoms with Gasteiger partial charge in [0, 0.05) is 17.1 Å². The molecule has 0 atom stereocenters. The Bertz CT molecular complexity index is 1070. The summed E-state index contributed by atoms with van der Waals surface area (Å²) in [5.74, 6) is 0.115. The Kier molecular flexibility index (Phi) is 2.84. The highest BCUT2D eigenvalue weighted by Gasteiger charge is 2.17. The van der Waals surface area contributed by atoms with Gasteiger partial charge in [-0.1, -0.05) is 6.07 Å². The molecular weight excluding hydrogens is 293 g/mol. The van der Waals surface area contributed by atoms with Crippen LogP contribution in [0.2, 0.25) is 0 Å². The van der Waals surface area contributed by atoms with Crippen molar-refractivity contribution in [3.05, 3.63) is 53.5 Å². The number of hydrogen-bond donors (Lipinski definition) is 1. The molecular formula is C18H14FN3O. The van der Waals surface area contributed by atoms with Crippen LogP contribution in [0.25, 0.3) is 33.5 Å². The van der Waals surface area contributed by atoms with Crippen LogP contribution in [0.3, 0.4) is 0 Å². The largest absolute Gasteiger partial charge is 0.436 e. The Morgan fingerprint density at radius 2 is 1.83 bits per heavy atom. The molecule has 0 bridgehead atoms. The summed E-state index contributed by atoms with van der Waals surface area (Å²) in [5, 5.41) is 0.994. The third kappa shape index (κ3) is 2.12. The molecule has 0 saturated heterocycles. The van der Waals surface area contributed by atoms with Gasteiger partial charge in [-0.05, 0) is 43.7 Å². The first-order valence-corrected chi connectivity index (χ1v) is 7.26. The topological polar surface area (TPSA) is 64.9 Å². The van der Waals surface area contributed by atoms with E-state index in [4.69, 9.17) is 10.2 Å². The molecule has 4 rings (SSSR count). The molecule has 2 heterocycles. The maximum absolute atomic E-state index is 13.3. The fraction of sp³-hybridized carbons (Fsp3) is 0.111. The van der Waals surface area contributed by atoms with Gasteiger partial charge < -0.3 is 10.2 Å². The number of hydrogen-bond acceptors (Lipinski definition) is 4. The first kappa shape index (κ1) is 13.7. The molecule has 0 spiro atoms. The molecule has 0 aliphatic carbocycles. The number of aromatic nitrogens is 2. The van der Waals surface area contributed by atoms with Gasteiger partial charge >= 0.3 is 0 Å². The minimum Gasteiger partial charge on any atom is -0.436 e. The first-order chi connectivity index (χ1) is 11.0. The molecule has 0 aliphatic rings. The zero-order chi connectivity index (χ0) is 16.1. The minimum absolute atomic E-state index is 0.335. The number of anilines is 1. The Morgan fingerprint density at radius 1 is 1.00 bits per heavy atom. The van der Waals surface area contributed by atoms with Gasteiger partial charge in [0.1, 0.15) is 11.3 Å². The molecule has 23 heavy (non-hydrogen) atoms. The van der Waals surface area contributed by atoms with Gasteiger partial charge in [-0.25, -0.2) is 9.37 Å². The van der Waals surface area contributed by atoms with Crippen molar-refractivity contribution in [1.82, 2.24) is 9.97 Å². The van der Waals surface area contributed by atoms with Crippen LogP contribution in [0, 0.1) is 19.7 Å². The predicted octanol–water partition coefficient (Wildman–Crippen LogP) is 4.38. The quantitative estimate of drug-likeness (QED) is 0.530. The number of oxazole rings is 1. The lowest BCUT2D eigenvalue weighted by Crippen LogP contribution is -1.96. The summed E-state index contributed by atoms with van der Waals surface area (Å²) >= 11 is 0. The molecule has 0 aliphatic heterocycles. The van der Waals surface area contributed by atoms with Crippen LogP contribution >= 0.6 is 0 Å². The Balaban J connectivity index is 2.01. The summed E-state index contributed by atoms with van der Waals surface area (Å²) in [6.45, 7) is 3.90. The van der Waals surface area contributed by atoms with Crippen LogP contribution in [0.15, 0.2) is 40.8 Å². The van der Waals surface area contributed by atoms with Crippen LogP contribution in [0.4, 0.5) is 10.1 Å². The molecule has 4 nitrogen and oxygen atoms in total. The van der Waals surface area contributed by atoms with Crippen molar-refractivity contribution in [2.75, 3.05) is 5.73 Å². The third-order valence-electron chi connectivity index (χ3n) is 4.01. The van der Waals surface area contributed by atoms with Crippen molar-refractivity contribution in [2.24, 2.45) is 0 Å². The van der Waals surface area contributed by atoms with Gasteiger partial charge in [0.2, 0.25) is 5.89 Å². The number of aryl methyl sites for hydroxylation is 2. The van der Waals surface area contributed by atoms with Crippen molar-refractivity contribution in [2.45, 2.75) is 13.8 Å². The third-order valence-corrected chi connectivity index (χ3v) is 4.01. The molecule has 0 amide bonds. The number of nitrogen functional groups attached to an aromatic ring is 1. The molecule has 2 aromatic carbocycles. The van der Waals surface area contributed by atoms with Gasteiger partial charge in [-0.2, -0.15) is 0 Å². The lowest BCUT2D eigenvalue weighted by atomic mass is 10.0. The van der Waals surface area contributed by atoms with Gasteiger partial charge in [0.05, 0.1) is 16.8 Å². The average Bonchev–Trinajstić information content (AvgIpc) is 2.89. The molecule has 5 heteroatoms. The van der Waals surface area contributed by atoms with Gasteiger partial charge in [-0.15, -0.1) is 0 Å². The molecule has 2 aromatic heterocycles. The minimum atomic E-state index is -0.335. The van der Waals surface area contributed by atoms with Crippen LogP contribution in [-0.4, -0.2) is 9.97 Å². The van der Waals surface area contributed by atoms with E-state index in [9.17, 15) is 4.39 Å². The fourth-order valence-corrected chi connectivity index (χ4v) is 2.92. The van der Waals surface area contributed by atoms with E-state index in [2.05, 4.69) is 9.97 Å². The van der Waals surface area contributed by atoms with Crippen LogP contribution in [0.1, 0.15) is 11.3 Å². The molecule has 4 aromatic rings. The standard InChI is InChI=1S/C18H14FN3O/c1-9-13-5-4-12(20)8-14(13)21-10(2)17(9)18-22-15-7-11(19)3-6-16(15)23-18/h3-8H,20H2,1-2H3. The highest BCUT2D eigenvalue weighted by atomic mass is 19.1. The summed E-state index contributed by atoms with van der Waals surface area (Å²) in [6.07, 6.45) is 0. The Morgan fingerprint density at radius 3 is 2.65 bits per heavy atom. The first-order valence-electron chi connectivity index (χ1n) is 7.26. The van der Waals surface area contributed by atoms with Gasteiger partial charge in [-0.3, -0.25) is 4.98 Å². The second-order valence-corrected chi connectivity index (χ2v) is 5.60. The smallest absolute Gasteiger partial charge is 0.229 e. The zero-order valence-corrected chi connectivity index (χ0v) is 12.7. The summed E-state index contributed by atoms with van der Waals surface area (Å²) in [4.78, 5) is 9.03. The maximum Gasteiger partial charge on any atom is 0.229 e. The van der Waals surface area contributed by atoms with Crippen molar-refractivity contribution in [1.29, 1.82) is 0 Å². The van der Waals surface area contributed by atoms with E-state index < -0.39 is 0 Å². The normalized spacial score (nSPS) is 11.4.